The lowest BCUT2D eigenvalue weighted by Crippen LogP contribution is -2.04. The minimum absolute atomic E-state index is 0.594. The summed E-state index contributed by atoms with van der Waals surface area (Å²) in [6, 6.07) is 0.594. The summed E-state index contributed by atoms with van der Waals surface area (Å²) in [7, 11) is 1.71. The van der Waals surface area contributed by atoms with E-state index in [-0.39, 0.29) is 0 Å². The van der Waals surface area contributed by atoms with E-state index in [1.54, 1.807) is 7.11 Å². The number of aromatic nitrogens is 2. The van der Waals surface area contributed by atoms with Crippen molar-refractivity contribution in [1.82, 2.24) is 9.78 Å². The van der Waals surface area contributed by atoms with E-state index in [2.05, 4.69) is 9.78 Å². The van der Waals surface area contributed by atoms with Crippen molar-refractivity contribution in [2.24, 2.45) is 0 Å². The van der Waals surface area contributed by atoms with E-state index < -0.39 is 0 Å². The van der Waals surface area contributed by atoms with E-state index in [9.17, 15) is 0 Å². The minimum atomic E-state index is 0.594. The maximum absolute atomic E-state index is 5.58. The Labute approximate surface area is 96.5 Å². The van der Waals surface area contributed by atoms with E-state index in [0.29, 0.717) is 12.6 Å². The number of methoxy groups -OCH3 is 1. The van der Waals surface area contributed by atoms with Gasteiger partial charge in [-0.2, -0.15) is 5.10 Å². The summed E-state index contributed by atoms with van der Waals surface area (Å²) in [5.74, 6) is 0.878. The zero-order valence-electron chi connectivity index (χ0n) is 9.89. The molecule has 0 bridgehead atoms. The van der Waals surface area contributed by atoms with Crippen molar-refractivity contribution in [3.8, 4) is 5.75 Å². The van der Waals surface area contributed by atoms with Gasteiger partial charge in [0.1, 0.15) is 0 Å². The Bertz CT molecular complexity index is 306. The number of ether oxygens (including phenoxy) is 2. The van der Waals surface area contributed by atoms with Gasteiger partial charge in [0, 0.05) is 20.1 Å². The first-order chi connectivity index (χ1) is 7.90. The highest BCUT2D eigenvalue weighted by atomic mass is 16.5. The highest BCUT2D eigenvalue weighted by Crippen LogP contribution is 2.29. The summed E-state index contributed by atoms with van der Waals surface area (Å²) < 4.78 is 12.6. The summed E-state index contributed by atoms with van der Waals surface area (Å²) in [5.41, 5.74) is 0. The molecule has 1 aliphatic carbocycles. The third-order valence-corrected chi connectivity index (χ3v) is 3.04. The second kappa shape index (κ2) is 5.89. The van der Waals surface area contributed by atoms with Crippen molar-refractivity contribution in [1.29, 1.82) is 0 Å². The molecule has 0 N–H and O–H groups in total. The summed E-state index contributed by atoms with van der Waals surface area (Å²) in [6.45, 7) is 1.45. The largest absolute Gasteiger partial charge is 0.490 e. The van der Waals surface area contributed by atoms with Gasteiger partial charge in [0.2, 0.25) is 0 Å². The van der Waals surface area contributed by atoms with Crippen molar-refractivity contribution in [2.45, 2.75) is 38.1 Å². The fourth-order valence-corrected chi connectivity index (χ4v) is 2.16. The molecule has 4 heteroatoms. The molecule has 0 unspecified atom stereocenters. The standard InChI is InChI=1S/C12H20N2O2/c1-15-7-4-8-16-12-9-13-14(10-12)11-5-2-3-6-11/h9-11H,2-8H2,1H3. The molecular formula is C12H20N2O2. The number of rotatable bonds is 6. The molecule has 1 aromatic heterocycles. The Hall–Kier alpha value is -1.03. The van der Waals surface area contributed by atoms with Crippen LogP contribution in [0.1, 0.15) is 38.1 Å². The van der Waals surface area contributed by atoms with Crippen LogP contribution in [-0.2, 0) is 4.74 Å². The van der Waals surface area contributed by atoms with Crippen LogP contribution >= 0.6 is 0 Å². The summed E-state index contributed by atoms with van der Waals surface area (Å²) in [4.78, 5) is 0. The van der Waals surface area contributed by atoms with E-state index in [1.165, 1.54) is 25.7 Å². The number of hydrogen-bond donors (Lipinski definition) is 0. The van der Waals surface area contributed by atoms with Crippen molar-refractivity contribution in [3.05, 3.63) is 12.4 Å². The van der Waals surface area contributed by atoms with Crippen LogP contribution in [0.2, 0.25) is 0 Å². The van der Waals surface area contributed by atoms with Gasteiger partial charge in [0.25, 0.3) is 0 Å². The van der Waals surface area contributed by atoms with Crippen LogP contribution in [0.4, 0.5) is 0 Å². The third kappa shape index (κ3) is 2.98. The summed E-state index contributed by atoms with van der Waals surface area (Å²) in [5, 5.41) is 4.36. The topological polar surface area (TPSA) is 36.3 Å². The lowest BCUT2D eigenvalue weighted by molar-refractivity contribution is 0.172. The maximum atomic E-state index is 5.58. The van der Waals surface area contributed by atoms with Crippen molar-refractivity contribution in [2.75, 3.05) is 20.3 Å². The van der Waals surface area contributed by atoms with Gasteiger partial charge in [-0.25, -0.2) is 0 Å². The fourth-order valence-electron chi connectivity index (χ4n) is 2.16. The summed E-state index contributed by atoms with van der Waals surface area (Å²) in [6.07, 6.45) is 9.91. The highest BCUT2D eigenvalue weighted by Gasteiger charge is 2.17. The van der Waals surface area contributed by atoms with Gasteiger partial charge in [0.15, 0.2) is 5.75 Å². The first-order valence-electron chi connectivity index (χ1n) is 6.06. The smallest absolute Gasteiger partial charge is 0.157 e. The molecule has 1 heterocycles. The predicted molar refractivity (Wildman–Crippen MR) is 61.7 cm³/mol. The normalized spacial score (nSPS) is 16.8. The minimum Gasteiger partial charge on any atom is -0.490 e. The van der Waals surface area contributed by atoms with Gasteiger partial charge in [-0.1, -0.05) is 12.8 Å². The van der Waals surface area contributed by atoms with Crippen LogP contribution in [0.5, 0.6) is 5.75 Å². The lowest BCUT2D eigenvalue weighted by Gasteiger charge is -2.08. The molecule has 0 spiro atoms. The van der Waals surface area contributed by atoms with Gasteiger partial charge in [-0.15, -0.1) is 0 Å². The van der Waals surface area contributed by atoms with Gasteiger partial charge in [0.05, 0.1) is 25.0 Å². The van der Waals surface area contributed by atoms with E-state index in [4.69, 9.17) is 9.47 Å². The quantitative estimate of drug-likeness (QED) is 0.696. The van der Waals surface area contributed by atoms with Gasteiger partial charge in [-0.05, 0) is 12.8 Å². The fraction of sp³-hybridized carbons (Fsp3) is 0.750. The Morgan fingerprint density at radius 2 is 2.19 bits per heavy atom. The third-order valence-electron chi connectivity index (χ3n) is 3.04. The molecule has 4 nitrogen and oxygen atoms in total. The number of nitrogens with zero attached hydrogens (tertiary/aromatic N) is 2. The van der Waals surface area contributed by atoms with Crippen LogP contribution in [0.25, 0.3) is 0 Å². The molecule has 1 fully saturated rings. The Morgan fingerprint density at radius 3 is 2.94 bits per heavy atom. The van der Waals surface area contributed by atoms with E-state index in [0.717, 1.165) is 18.8 Å². The average molecular weight is 224 g/mol. The molecule has 0 aliphatic heterocycles. The molecule has 0 amide bonds. The molecule has 90 valence electrons. The molecule has 0 aromatic carbocycles. The Morgan fingerprint density at radius 1 is 1.38 bits per heavy atom. The van der Waals surface area contributed by atoms with Crippen LogP contribution in [-0.4, -0.2) is 30.1 Å². The lowest BCUT2D eigenvalue weighted by atomic mass is 10.3. The molecule has 0 radical (unpaired) electrons. The molecular weight excluding hydrogens is 204 g/mol. The van der Waals surface area contributed by atoms with E-state index in [1.807, 2.05) is 12.4 Å². The van der Waals surface area contributed by atoms with Gasteiger partial charge >= 0.3 is 0 Å². The Balaban J connectivity index is 1.77. The number of hydrogen-bond acceptors (Lipinski definition) is 3. The summed E-state index contributed by atoms with van der Waals surface area (Å²) >= 11 is 0. The predicted octanol–water partition coefficient (Wildman–Crippen LogP) is 2.41. The SMILES string of the molecule is COCCCOc1cnn(C2CCCC2)c1. The molecule has 0 atom stereocenters. The van der Waals surface area contributed by atoms with Crippen molar-refractivity contribution in [3.63, 3.8) is 0 Å². The highest BCUT2D eigenvalue weighted by molar-refractivity contribution is 5.12. The molecule has 16 heavy (non-hydrogen) atoms. The zero-order valence-corrected chi connectivity index (χ0v) is 9.89. The van der Waals surface area contributed by atoms with Crippen LogP contribution in [0.3, 0.4) is 0 Å². The average Bonchev–Trinajstić information content (AvgIpc) is 2.94. The first kappa shape index (κ1) is 11.5. The zero-order chi connectivity index (χ0) is 11.2. The molecule has 0 saturated heterocycles. The second-order valence-corrected chi connectivity index (χ2v) is 4.29. The monoisotopic (exact) mass is 224 g/mol. The first-order valence-corrected chi connectivity index (χ1v) is 6.06. The van der Waals surface area contributed by atoms with Crippen LogP contribution in [0, 0.1) is 0 Å². The van der Waals surface area contributed by atoms with Crippen molar-refractivity contribution >= 4 is 0 Å². The van der Waals surface area contributed by atoms with Gasteiger partial charge < -0.3 is 9.47 Å². The van der Waals surface area contributed by atoms with Gasteiger partial charge in [-0.3, -0.25) is 4.68 Å². The molecule has 1 aliphatic rings. The van der Waals surface area contributed by atoms with Crippen molar-refractivity contribution < 1.29 is 9.47 Å². The van der Waals surface area contributed by atoms with Crippen LogP contribution < -0.4 is 4.74 Å². The molecule has 2 rings (SSSR count). The molecule has 1 saturated carbocycles. The maximum Gasteiger partial charge on any atom is 0.157 e. The molecule has 1 aromatic rings. The van der Waals surface area contributed by atoms with Crippen LogP contribution in [0.15, 0.2) is 12.4 Å². The van der Waals surface area contributed by atoms with E-state index >= 15 is 0 Å². The Kier molecular flexibility index (Phi) is 4.22. The second-order valence-electron chi connectivity index (χ2n) is 4.29.